The fourth-order valence-corrected chi connectivity index (χ4v) is 1.91. The number of nitrogens with one attached hydrogen (secondary N) is 2. The molecule has 0 aromatic carbocycles. The summed E-state index contributed by atoms with van der Waals surface area (Å²) in [6.45, 7) is 6.90. The van der Waals surface area contributed by atoms with Gasteiger partial charge in [0.2, 0.25) is 0 Å². The summed E-state index contributed by atoms with van der Waals surface area (Å²) in [7, 11) is 1.51. The minimum Gasteiger partial charge on any atom is -0.444 e. The summed E-state index contributed by atoms with van der Waals surface area (Å²) >= 11 is 0. The Hall–Kier alpha value is -1.50. The molecular weight excluding hydrogens is 262 g/mol. The number of urea groups is 1. The minimum atomic E-state index is -0.480. The average Bonchev–Trinajstić information content (AvgIpc) is 2.35. The van der Waals surface area contributed by atoms with Crippen LogP contribution in [-0.4, -0.2) is 55.6 Å². The maximum atomic E-state index is 11.9. The number of likely N-dealkylation sites (tertiary alicyclic amines) is 1. The zero-order valence-corrected chi connectivity index (χ0v) is 12.7. The standard InChI is InChI=1S/C13H25N3O4/c1-13(2,3)20-12(18)16-7-5-10(6-8-16)15-11(17)14-9-19-4/h10H,5-9H2,1-4H3,(H2,14,15,17). The number of hydrogen-bond acceptors (Lipinski definition) is 4. The summed E-state index contributed by atoms with van der Waals surface area (Å²) in [6, 6.07) is -0.173. The van der Waals surface area contributed by atoms with E-state index in [4.69, 9.17) is 9.47 Å². The van der Waals surface area contributed by atoms with E-state index >= 15 is 0 Å². The minimum absolute atomic E-state index is 0.0746. The molecule has 20 heavy (non-hydrogen) atoms. The van der Waals surface area contributed by atoms with Crippen LogP contribution in [0, 0.1) is 0 Å². The van der Waals surface area contributed by atoms with Gasteiger partial charge in [-0.05, 0) is 33.6 Å². The summed E-state index contributed by atoms with van der Waals surface area (Å²) in [6.07, 6.45) is 1.15. The second-order valence-corrected chi connectivity index (χ2v) is 5.82. The lowest BCUT2D eigenvalue weighted by molar-refractivity contribution is 0.0201. The van der Waals surface area contributed by atoms with E-state index in [0.29, 0.717) is 13.1 Å². The van der Waals surface area contributed by atoms with Gasteiger partial charge in [-0.15, -0.1) is 0 Å². The molecule has 1 rings (SSSR count). The average molecular weight is 287 g/mol. The first-order valence-electron chi connectivity index (χ1n) is 6.83. The Labute approximate surface area is 120 Å². The monoisotopic (exact) mass is 287 g/mol. The van der Waals surface area contributed by atoms with Crippen LogP contribution in [0.15, 0.2) is 0 Å². The van der Waals surface area contributed by atoms with Crippen molar-refractivity contribution in [3.05, 3.63) is 0 Å². The molecule has 1 aliphatic heterocycles. The molecule has 7 nitrogen and oxygen atoms in total. The van der Waals surface area contributed by atoms with Crippen LogP contribution >= 0.6 is 0 Å². The fraction of sp³-hybridized carbons (Fsp3) is 0.846. The van der Waals surface area contributed by atoms with Gasteiger partial charge in [-0.1, -0.05) is 0 Å². The Morgan fingerprint density at radius 3 is 2.35 bits per heavy atom. The van der Waals surface area contributed by atoms with Gasteiger partial charge >= 0.3 is 12.1 Å². The van der Waals surface area contributed by atoms with Gasteiger partial charge in [0.05, 0.1) is 0 Å². The van der Waals surface area contributed by atoms with Crippen molar-refractivity contribution in [2.75, 3.05) is 26.9 Å². The Kier molecular flexibility index (Phi) is 6.06. The molecule has 1 saturated heterocycles. The van der Waals surface area contributed by atoms with Crippen molar-refractivity contribution < 1.29 is 19.1 Å². The highest BCUT2D eigenvalue weighted by atomic mass is 16.6. The van der Waals surface area contributed by atoms with Gasteiger partial charge in [0.15, 0.2) is 0 Å². The number of piperidine rings is 1. The molecule has 0 bridgehead atoms. The van der Waals surface area contributed by atoms with E-state index in [1.807, 2.05) is 20.8 Å². The summed E-state index contributed by atoms with van der Waals surface area (Å²) < 4.78 is 10.1. The number of carbonyl (C=O) groups excluding carboxylic acids is 2. The molecule has 0 unspecified atom stereocenters. The molecule has 0 saturated carbocycles. The lowest BCUT2D eigenvalue weighted by Gasteiger charge is -2.33. The Morgan fingerprint density at radius 1 is 1.25 bits per heavy atom. The molecule has 7 heteroatoms. The van der Waals surface area contributed by atoms with Gasteiger partial charge in [0.1, 0.15) is 12.3 Å². The molecule has 0 aliphatic carbocycles. The van der Waals surface area contributed by atoms with Gasteiger partial charge in [-0.3, -0.25) is 0 Å². The molecule has 0 radical (unpaired) electrons. The Morgan fingerprint density at radius 2 is 1.85 bits per heavy atom. The molecular formula is C13H25N3O4. The van der Waals surface area contributed by atoms with Crippen LogP contribution in [0.2, 0.25) is 0 Å². The van der Waals surface area contributed by atoms with E-state index in [1.165, 1.54) is 7.11 Å². The number of nitrogens with zero attached hydrogens (tertiary/aromatic N) is 1. The maximum absolute atomic E-state index is 11.9. The quantitative estimate of drug-likeness (QED) is 0.767. The van der Waals surface area contributed by atoms with Crippen LogP contribution in [0.25, 0.3) is 0 Å². The van der Waals surface area contributed by atoms with E-state index in [9.17, 15) is 9.59 Å². The van der Waals surface area contributed by atoms with E-state index in [-0.39, 0.29) is 24.9 Å². The highest BCUT2D eigenvalue weighted by Gasteiger charge is 2.27. The topological polar surface area (TPSA) is 79.9 Å². The maximum Gasteiger partial charge on any atom is 0.410 e. The third-order valence-electron chi connectivity index (χ3n) is 2.86. The first kappa shape index (κ1) is 16.6. The van der Waals surface area contributed by atoms with Crippen LogP contribution in [0.4, 0.5) is 9.59 Å². The summed E-state index contributed by atoms with van der Waals surface area (Å²) in [5, 5.41) is 5.42. The van der Waals surface area contributed by atoms with Crippen LogP contribution < -0.4 is 10.6 Å². The smallest absolute Gasteiger partial charge is 0.410 e. The van der Waals surface area contributed by atoms with Gasteiger partial charge in [-0.25, -0.2) is 9.59 Å². The van der Waals surface area contributed by atoms with Crippen molar-refractivity contribution in [3.63, 3.8) is 0 Å². The molecule has 116 valence electrons. The van der Waals surface area contributed by atoms with Crippen LogP contribution in [-0.2, 0) is 9.47 Å². The van der Waals surface area contributed by atoms with Crippen molar-refractivity contribution in [2.24, 2.45) is 0 Å². The number of carbonyl (C=O) groups is 2. The van der Waals surface area contributed by atoms with E-state index in [0.717, 1.165) is 12.8 Å². The Bertz CT molecular complexity index is 333. The van der Waals surface area contributed by atoms with Gasteiger partial charge in [0, 0.05) is 26.2 Å². The van der Waals surface area contributed by atoms with Crippen molar-refractivity contribution in [3.8, 4) is 0 Å². The molecule has 0 atom stereocenters. The molecule has 0 aromatic heterocycles. The van der Waals surface area contributed by atoms with Crippen molar-refractivity contribution >= 4 is 12.1 Å². The zero-order chi connectivity index (χ0) is 15.2. The predicted molar refractivity (Wildman–Crippen MR) is 74.4 cm³/mol. The number of methoxy groups -OCH3 is 1. The van der Waals surface area contributed by atoms with Crippen LogP contribution in [0.5, 0.6) is 0 Å². The first-order valence-corrected chi connectivity index (χ1v) is 6.83. The molecule has 1 fully saturated rings. The number of rotatable bonds is 3. The predicted octanol–water partition coefficient (Wildman–Crippen LogP) is 1.29. The Balaban J connectivity index is 2.29. The summed E-state index contributed by atoms with van der Waals surface area (Å²) in [5.74, 6) is 0. The van der Waals surface area contributed by atoms with Gasteiger partial charge in [0.25, 0.3) is 0 Å². The molecule has 0 aromatic rings. The highest BCUT2D eigenvalue weighted by Crippen LogP contribution is 2.15. The molecule has 1 heterocycles. The lowest BCUT2D eigenvalue weighted by Crippen LogP contribution is -2.50. The third-order valence-corrected chi connectivity index (χ3v) is 2.86. The molecule has 3 amide bonds. The zero-order valence-electron chi connectivity index (χ0n) is 12.7. The largest absolute Gasteiger partial charge is 0.444 e. The number of amides is 3. The fourth-order valence-electron chi connectivity index (χ4n) is 1.91. The van der Waals surface area contributed by atoms with E-state index in [1.54, 1.807) is 4.90 Å². The van der Waals surface area contributed by atoms with E-state index < -0.39 is 5.60 Å². The van der Waals surface area contributed by atoms with Crippen molar-refractivity contribution in [1.29, 1.82) is 0 Å². The SMILES string of the molecule is COCNC(=O)NC1CCN(C(=O)OC(C)(C)C)CC1. The van der Waals surface area contributed by atoms with Crippen LogP contribution in [0.1, 0.15) is 33.6 Å². The number of hydrogen-bond donors (Lipinski definition) is 2. The second kappa shape index (κ2) is 7.33. The molecule has 0 spiro atoms. The summed E-state index contributed by atoms with van der Waals surface area (Å²) in [4.78, 5) is 25.0. The van der Waals surface area contributed by atoms with Gasteiger partial charge in [-0.2, -0.15) is 0 Å². The van der Waals surface area contributed by atoms with Crippen molar-refractivity contribution in [2.45, 2.75) is 45.3 Å². The third kappa shape index (κ3) is 6.10. The molecule has 2 N–H and O–H groups in total. The molecule has 1 aliphatic rings. The first-order chi connectivity index (χ1) is 9.31. The summed E-state index contributed by atoms with van der Waals surface area (Å²) in [5.41, 5.74) is -0.480. The van der Waals surface area contributed by atoms with Crippen molar-refractivity contribution in [1.82, 2.24) is 15.5 Å². The van der Waals surface area contributed by atoms with Crippen LogP contribution in [0.3, 0.4) is 0 Å². The second-order valence-electron chi connectivity index (χ2n) is 5.82. The van der Waals surface area contributed by atoms with E-state index in [2.05, 4.69) is 10.6 Å². The number of ether oxygens (including phenoxy) is 2. The lowest BCUT2D eigenvalue weighted by atomic mass is 10.1. The normalized spacial score (nSPS) is 16.7. The highest BCUT2D eigenvalue weighted by molar-refractivity contribution is 5.74. The van der Waals surface area contributed by atoms with Gasteiger partial charge < -0.3 is 25.0 Å².